The maximum Gasteiger partial charge on any atom is 0.334 e. The molecule has 6 atom stereocenters. The monoisotopic (exact) mass is 336 g/mol. The van der Waals surface area contributed by atoms with Gasteiger partial charge in [-0.15, -0.1) is 6.58 Å². The normalized spacial score (nSPS) is 33.4. The average Bonchev–Trinajstić information content (AvgIpc) is 2.87. The molecule has 1 heterocycles. The minimum absolute atomic E-state index is 0.160. The largest absolute Gasteiger partial charge is 0.461 e. The van der Waals surface area contributed by atoms with E-state index < -0.39 is 36.0 Å². The first-order valence-electron chi connectivity index (χ1n) is 7.97. The first-order chi connectivity index (χ1) is 11.3. The van der Waals surface area contributed by atoms with E-state index in [1.807, 2.05) is 0 Å². The van der Waals surface area contributed by atoms with Gasteiger partial charge in [-0.3, -0.25) is 4.79 Å². The Hall–Kier alpha value is -1.92. The fraction of sp³-hybridized carbons (Fsp3) is 0.556. The number of aliphatic hydroxyl groups excluding tert-OH is 2. The second-order valence-electron chi connectivity index (χ2n) is 6.46. The van der Waals surface area contributed by atoms with Crippen LogP contribution in [0.15, 0.2) is 37.0 Å². The molecule has 1 saturated heterocycles. The Morgan fingerprint density at radius 3 is 2.71 bits per heavy atom. The predicted octanol–water partition coefficient (Wildman–Crippen LogP) is 0.995. The Kier molecular flexibility index (Phi) is 5.62. The van der Waals surface area contributed by atoms with Gasteiger partial charge in [-0.05, 0) is 24.8 Å². The lowest BCUT2D eigenvalue weighted by Crippen LogP contribution is -2.47. The molecule has 0 aromatic heterocycles. The van der Waals surface area contributed by atoms with Gasteiger partial charge in [0, 0.05) is 11.5 Å². The van der Waals surface area contributed by atoms with Crippen LogP contribution in [0.1, 0.15) is 13.3 Å². The lowest BCUT2D eigenvalue weighted by Gasteiger charge is -2.42. The van der Waals surface area contributed by atoms with E-state index in [1.165, 1.54) is 0 Å². The highest BCUT2D eigenvalue weighted by Gasteiger charge is 2.54. The summed E-state index contributed by atoms with van der Waals surface area (Å²) in [4.78, 5) is 24.1. The molecule has 6 heteroatoms. The molecule has 1 saturated carbocycles. The quantitative estimate of drug-likeness (QED) is 0.427. The van der Waals surface area contributed by atoms with Crippen LogP contribution in [-0.2, 0) is 19.1 Å². The molecule has 2 aliphatic rings. The molecule has 132 valence electrons. The van der Waals surface area contributed by atoms with E-state index in [1.54, 1.807) is 13.0 Å². The Labute approximate surface area is 141 Å². The molecule has 2 rings (SSSR count). The Bertz CT molecular complexity index is 566. The Balaban J connectivity index is 2.32. The predicted molar refractivity (Wildman–Crippen MR) is 86.7 cm³/mol. The number of ether oxygens (including phenoxy) is 2. The van der Waals surface area contributed by atoms with E-state index >= 15 is 0 Å². The third-order valence-electron chi connectivity index (χ3n) is 4.90. The van der Waals surface area contributed by atoms with Gasteiger partial charge in [0.25, 0.3) is 0 Å². The number of esters is 2. The van der Waals surface area contributed by atoms with Crippen LogP contribution in [0, 0.1) is 23.7 Å². The van der Waals surface area contributed by atoms with Crippen LogP contribution in [0.3, 0.4) is 0 Å². The van der Waals surface area contributed by atoms with Crippen molar-refractivity contribution in [1.82, 2.24) is 0 Å². The van der Waals surface area contributed by atoms with E-state index in [0.717, 1.165) is 0 Å². The first-order valence-corrected chi connectivity index (χ1v) is 7.97. The minimum Gasteiger partial charge on any atom is -0.461 e. The summed E-state index contributed by atoms with van der Waals surface area (Å²) in [6.45, 7) is 12.5. The molecule has 1 aliphatic heterocycles. The zero-order valence-corrected chi connectivity index (χ0v) is 13.8. The summed E-state index contributed by atoms with van der Waals surface area (Å²) < 4.78 is 11.0. The lowest BCUT2D eigenvalue weighted by molar-refractivity contribution is -0.164. The van der Waals surface area contributed by atoms with Crippen LogP contribution in [0.4, 0.5) is 0 Å². The Morgan fingerprint density at radius 2 is 2.17 bits per heavy atom. The molecule has 0 aromatic carbocycles. The molecular formula is C18H24O6. The van der Waals surface area contributed by atoms with Gasteiger partial charge in [-0.1, -0.05) is 19.2 Å². The standard InChI is InChI=1S/C18H24O6/c1-5-12-6-13(23-17(21)10(3)8-20)15-11(4)18(22)24-16(15)14(12)9(2)7-19/h5,10,12-16,19-20H,1-2,4,6-8H2,3H3. The fourth-order valence-electron chi connectivity index (χ4n) is 3.49. The second kappa shape index (κ2) is 7.32. The third-order valence-corrected chi connectivity index (χ3v) is 4.90. The fourth-order valence-corrected chi connectivity index (χ4v) is 3.49. The number of rotatable bonds is 6. The highest BCUT2D eigenvalue weighted by atomic mass is 16.6. The topological polar surface area (TPSA) is 93.1 Å². The molecule has 6 nitrogen and oxygen atoms in total. The lowest BCUT2D eigenvalue weighted by atomic mass is 9.67. The minimum atomic E-state index is -0.651. The number of carbonyl (C=O) groups is 2. The molecule has 24 heavy (non-hydrogen) atoms. The molecule has 0 spiro atoms. The van der Waals surface area contributed by atoms with Crippen LogP contribution in [-0.4, -0.2) is 47.6 Å². The summed E-state index contributed by atoms with van der Waals surface area (Å²) in [5, 5.41) is 18.6. The molecule has 0 amide bonds. The number of hydrogen-bond donors (Lipinski definition) is 2. The van der Waals surface area contributed by atoms with E-state index in [0.29, 0.717) is 12.0 Å². The summed E-state index contributed by atoms with van der Waals surface area (Å²) >= 11 is 0. The van der Waals surface area contributed by atoms with Gasteiger partial charge in [-0.25, -0.2) is 4.79 Å². The van der Waals surface area contributed by atoms with Crippen molar-refractivity contribution in [2.75, 3.05) is 13.2 Å². The molecule has 0 aromatic rings. The van der Waals surface area contributed by atoms with Crippen molar-refractivity contribution in [1.29, 1.82) is 0 Å². The van der Waals surface area contributed by atoms with Crippen LogP contribution >= 0.6 is 0 Å². The van der Waals surface area contributed by atoms with Crippen LogP contribution in [0.2, 0.25) is 0 Å². The first kappa shape index (κ1) is 18.4. The molecule has 0 bridgehead atoms. The van der Waals surface area contributed by atoms with E-state index in [9.17, 15) is 14.7 Å². The molecule has 0 radical (unpaired) electrons. The molecule has 6 unspecified atom stereocenters. The maximum absolute atomic E-state index is 12.1. The highest BCUT2D eigenvalue weighted by molar-refractivity contribution is 5.91. The molecule has 2 N–H and O–H groups in total. The number of fused-ring (bicyclic) bond motifs is 1. The summed E-state index contributed by atoms with van der Waals surface area (Å²) in [5.74, 6) is -2.66. The highest BCUT2D eigenvalue weighted by Crippen LogP contribution is 2.47. The smallest absolute Gasteiger partial charge is 0.334 e. The Morgan fingerprint density at radius 1 is 1.50 bits per heavy atom. The second-order valence-corrected chi connectivity index (χ2v) is 6.46. The number of aliphatic hydroxyl groups is 2. The maximum atomic E-state index is 12.1. The zero-order valence-electron chi connectivity index (χ0n) is 13.8. The van der Waals surface area contributed by atoms with Gasteiger partial charge in [0.05, 0.1) is 25.0 Å². The summed E-state index contributed by atoms with van der Waals surface area (Å²) in [7, 11) is 0. The number of hydrogen-bond acceptors (Lipinski definition) is 6. The van der Waals surface area contributed by atoms with E-state index in [2.05, 4.69) is 19.7 Å². The SMILES string of the molecule is C=CC1CC(OC(=O)C(C)CO)C2C(=C)C(=O)OC2C1C(=C)CO. The summed E-state index contributed by atoms with van der Waals surface area (Å²) in [5.41, 5.74) is 0.804. The van der Waals surface area contributed by atoms with Crippen molar-refractivity contribution in [3.63, 3.8) is 0 Å². The molecule has 1 aliphatic carbocycles. The van der Waals surface area contributed by atoms with Crippen molar-refractivity contribution < 1.29 is 29.3 Å². The van der Waals surface area contributed by atoms with E-state index in [4.69, 9.17) is 14.6 Å². The van der Waals surface area contributed by atoms with Gasteiger partial charge in [-0.2, -0.15) is 0 Å². The molecular weight excluding hydrogens is 312 g/mol. The summed E-state index contributed by atoms with van der Waals surface area (Å²) in [6.07, 6.45) is 0.936. The van der Waals surface area contributed by atoms with Gasteiger partial charge in [0.15, 0.2) is 0 Å². The van der Waals surface area contributed by atoms with Crippen LogP contribution < -0.4 is 0 Å². The van der Waals surface area contributed by atoms with Crippen molar-refractivity contribution in [2.24, 2.45) is 23.7 Å². The van der Waals surface area contributed by atoms with Crippen LogP contribution in [0.5, 0.6) is 0 Å². The van der Waals surface area contributed by atoms with Crippen molar-refractivity contribution in [2.45, 2.75) is 25.6 Å². The third kappa shape index (κ3) is 3.16. The van der Waals surface area contributed by atoms with Crippen LogP contribution in [0.25, 0.3) is 0 Å². The van der Waals surface area contributed by atoms with E-state index in [-0.39, 0.29) is 30.6 Å². The summed E-state index contributed by atoms with van der Waals surface area (Å²) in [6, 6.07) is 0. The molecule has 2 fully saturated rings. The van der Waals surface area contributed by atoms with Crippen molar-refractivity contribution in [3.05, 3.63) is 37.0 Å². The van der Waals surface area contributed by atoms with Crippen molar-refractivity contribution in [3.8, 4) is 0 Å². The average molecular weight is 336 g/mol. The van der Waals surface area contributed by atoms with Gasteiger partial charge >= 0.3 is 11.9 Å². The number of carbonyl (C=O) groups excluding carboxylic acids is 2. The zero-order chi connectivity index (χ0) is 18.0. The van der Waals surface area contributed by atoms with Gasteiger partial charge in [0.1, 0.15) is 12.2 Å². The van der Waals surface area contributed by atoms with Crippen molar-refractivity contribution >= 4 is 11.9 Å². The number of allylic oxidation sites excluding steroid dienone is 1. The van der Waals surface area contributed by atoms with Gasteiger partial charge in [0.2, 0.25) is 0 Å². The van der Waals surface area contributed by atoms with Gasteiger partial charge < -0.3 is 19.7 Å².